The first-order valence-electron chi connectivity index (χ1n) is 8.17. The molecule has 1 aliphatic heterocycles. The number of urea groups is 1. The second kappa shape index (κ2) is 6.89. The van der Waals surface area contributed by atoms with Crippen molar-refractivity contribution >= 4 is 17.6 Å². The fraction of sp³-hybridized carbons (Fsp3) is 0.529. The van der Waals surface area contributed by atoms with Gasteiger partial charge in [0.15, 0.2) is 0 Å². The zero-order valence-corrected chi connectivity index (χ0v) is 13.4. The number of carbonyl (C=O) groups is 2. The highest BCUT2D eigenvalue weighted by Gasteiger charge is 2.32. The number of hydrogen-bond acceptors (Lipinski definition) is 3. The van der Waals surface area contributed by atoms with Crippen molar-refractivity contribution in [1.29, 1.82) is 0 Å². The molecule has 1 saturated heterocycles. The molecule has 1 aliphatic carbocycles. The van der Waals surface area contributed by atoms with Crippen molar-refractivity contribution in [3.8, 4) is 5.75 Å². The zero-order valence-electron chi connectivity index (χ0n) is 13.4. The van der Waals surface area contributed by atoms with Crippen LogP contribution in [0.15, 0.2) is 24.3 Å². The van der Waals surface area contributed by atoms with Gasteiger partial charge in [-0.3, -0.25) is 4.79 Å². The summed E-state index contributed by atoms with van der Waals surface area (Å²) in [4.78, 5) is 25.9. The van der Waals surface area contributed by atoms with E-state index < -0.39 is 0 Å². The maximum atomic E-state index is 12.2. The quantitative estimate of drug-likeness (QED) is 0.893. The predicted octanol–water partition coefficient (Wildman–Crippen LogP) is 2.04. The highest BCUT2D eigenvalue weighted by molar-refractivity contribution is 5.96. The smallest absolute Gasteiger partial charge is 0.315 e. The Morgan fingerprint density at radius 3 is 2.43 bits per heavy atom. The third-order valence-electron chi connectivity index (χ3n) is 4.53. The first kappa shape index (κ1) is 15.6. The molecule has 0 unspecified atom stereocenters. The summed E-state index contributed by atoms with van der Waals surface area (Å²) >= 11 is 0. The molecule has 0 bridgehead atoms. The van der Waals surface area contributed by atoms with Gasteiger partial charge in [-0.25, -0.2) is 4.79 Å². The van der Waals surface area contributed by atoms with Crippen molar-refractivity contribution in [3.63, 3.8) is 0 Å². The van der Waals surface area contributed by atoms with Crippen LogP contribution in [0.2, 0.25) is 0 Å². The van der Waals surface area contributed by atoms with Gasteiger partial charge >= 0.3 is 6.03 Å². The van der Waals surface area contributed by atoms with Crippen molar-refractivity contribution in [2.75, 3.05) is 18.6 Å². The summed E-state index contributed by atoms with van der Waals surface area (Å²) in [6, 6.07) is 7.35. The molecule has 3 amide bonds. The van der Waals surface area contributed by atoms with E-state index in [9.17, 15) is 9.59 Å². The number of carbonyl (C=O) groups excluding carboxylic acids is 2. The van der Waals surface area contributed by atoms with Gasteiger partial charge in [-0.2, -0.15) is 0 Å². The summed E-state index contributed by atoms with van der Waals surface area (Å²) in [7, 11) is 1.61. The summed E-state index contributed by atoms with van der Waals surface area (Å²) in [5.41, 5.74) is 0.830. The van der Waals surface area contributed by atoms with Gasteiger partial charge in [-0.05, 0) is 37.1 Å². The lowest BCUT2D eigenvalue weighted by molar-refractivity contribution is -0.117. The topological polar surface area (TPSA) is 70.7 Å². The van der Waals surface area contributed by atoms with E-state index in [0.29, 0.717) is 13.0 Å². The van der Waals surface area contributed by atoms with Gasteiger partial charge in [0.05, 0.1) is 13.2 Å². The van der Waals surface area contributed by atoms with E-state index in [-0.39, 0.29) is 24.0 Å². The number of amides is 3. The standard InChI is InChI=1S/C17H23N3O3/c1-23-15-8-6-14(7-9-15)20-11-13(10-16(20)21)19-17(22)18-12-4-2-3-5-12/h6-9,12-13H,2-5,10-11H2,1H3,(H2,18,19,22)/t13-/m1/s1. The van der Waals surface area contributed by atoms with Crippen molar-refractivity contribution < 1.29 is 14.3 Å². The van der Waals surface area contributed by atoms with Crippen molar-refractivity contribution in [2.24, 2.45) is 0 Å². The number of benzene rings is 1. The van der Waals surface area contributed by atoms with Gasteiger partial charge in [0.1, 0.15) is 5.75 Å². The van der Waals surface area contributed by atoms with Crippen LogP contribution in [0.3, 0.4) is 0 Å². The molecule has 1 aromatic rings. The van der Waals surface area contributed by atoms with E-state index >= 15 is 0 Å². The number of ether oxygens (including phenoxy) is 1. The van der Waals surface area contributed by atoms with Crippen molar-refractivity contribution in [2.45, 2.75) is 44.2 Å². The summed E-state index contributed by atoms with van der Waals surface area (Å²) in [5.74, 6) is 0.785. The Bertz CT molecular complexity index is 567. The van der Waals surface area contributed by atoms with Gasteiger partial charge < -0.3 is 20.3 Å². The second-order valence-corrected chi connectivity index (χ2v) is 6.20. The molecule has 2 N–H and O–H groups in total. The number of methoxy groups -OCH3 is 1. The number of nitrogens with zero attached hydrogens (tertiary/aromatic N) is 1. The highest BCUT2D eigenvalue weighted by Crippen LogP contribution is 2.24. The monoisotopic (exact) mass is 317 g/mol. The molecule has 6 nitrogen and oxygen atoms in total. The van der Waals surface area contributed by atoms with Crippen LogP contribution in [0.4, 0.5) is 10.5 Å². The van der Waals surface area contributed by atoms with Gasteiger partial charge in [0.2, 0.25) is 5.91 Å². The minimum absolute atomic E-state index is 0.0290. The lowest BCUT2D eigenvalue weighted by atomic mass is 10.2. The largest absolute Gasteiger partial charge is 0.497 e. The lowest BCUT2D eigenvalue weighted by Gasteiger charge is -2.19. The molecule has 0 radical (unpaired) electrons. The summed E-state index contributed by atoms with van der Waals surface area (Å²) < 4.78 is 5.13. The molecular formula is C17H23N3O3. The molecular weight excluding hydrogens is 294 g/mol. The molecule has 6 heteroatoms. The second-order valence-electron chi connectivity index (χ2n) is 6.20. The average Bonchev–Trinajstić information content (AvgIpc) is 3.17. The minimum Gasteiger partial charge on any atom is -0.497 e. The average molecular weight is 317 g/mol. The number of anilines is 1. The first-order chi connectivity index (χ1) is 11.2. The van der Waals surface area contributed by atoms with Crippen molar-refractivity contribution in [3.05, 3.63) is 24.3 Å². The molecule has 2 aliphatic rings. The number of nitrogens with one attached hydrogen (secondary N) is 2. The van der Waals surface area contributed by atoms with E-state index in [1.807, 2.05) is 24.3 Å². The van der Waals surface area contributed by atoms with Crippen molar-refractivity contribution in [1.82, 2.24) is 10.6 Å². The third kappa shape index (κ3) is 3.75. The van der Waals surface area contributed by atoms with Crippen LogP contribution in [0, 0.1) is 0 Å². The summed E-state index contributed by atoms with van der Waals surface area (Å²) in [6.45, 7) is 0.503. The lowest BCUT2D eigenvalue weighted by Crippen LogP contribution is -2.46. The number of hydrogen-bond donors (Lipinski definition) is 2. The Balaban J connectivity index is 1.54. The molecule has 3 rings (SSSR count). The Kier molecular flexibility index (Phi) is 4.69. The number of rotatable bonds is 4. The van der Waals surface area contributed by atoms with Crippen LogP contribution >= 0.6 is 0 Å². The maximum Gasteiger partial charge on any atom is 0.315 e. The van der Waals surface area contributed by atoms with Gasteiger partial charge in [0, 0.05) is 24.7 Å². The fourth-order valence-corrected chi connectivity index (χ4v) is 3.30. The van der Waals surface area contributed by atoms with Crippen LogP contribution in [0.25, 0.3) is 0 Å². The first-order valence-corrected chi connectivity index (χ1v) is 8.17. The van der Waals surface area contributed by atoms with Gasteiger partial charge in [-0.15, -0.1) is 0 Å². The van der Waals surface area contributed by atoms with Crippen LogP contribution in [-0.2, 0) is 4.79 Å². The van der Waals surface area contributed by atoms with E-state index in [0.717, 1.165) is 24.3 Å². The van der Waals surface area contributed by atoms with Crippen LogP contribution in [0.5, 0.6) is 5.75 Å². The highest BCUT2D eigenvalue weighted by atomic mass is 16.5. The van der Waals surface area contributed by atoms with E-state index in [2.05, 4.69) is 10.6 Å². The molecule has 1 saturated carbocycles. The third-order valence-corrected chi connectivity index (χ3v) is 4.53. The van der Waals surface area contributed by atoms with Crippen LogP contribution in [-0.4, -0.2) is 37.7 Å². The molecule has 0 spiro atoms. The zero-order chi connectivity index (χ0) is 16.2. The summed E-state index contributed by atoms with van der Waals surface area (Å²) in [5, 5.41) is 5.92. The molecule has 23 heavy (non-hydrogen) atoms. The predicted molar refractivity (Wildman–Crippen MR) is 87.7 cm³/mol. The molecule has 124 valence electrons. The van der Waals surface area contributed by atoms with E-state index in [1.54, 1.807) is 12.0 Å². The minimum atomic E-state index is -0.161. The Labute approximate surface area is 136 Å². The van der Waals surface area contributed by atoms with Gasteiger partial charge in [0.25, 0.3) is 0 Å². The van der Waals surface area contributed by atoms with Gasteiger partial charge in [-0.1, -0.05) is 12.8 Å². The van der Waals surface area contributed by atoms with E-state index in [4.69, 9.17) is 4.74 Å². The molecule has 1 heterocycles. The van der Waals surface area contributed by atoms with E-state index in [1.165, 1.54) is 12.8 Å². The molecule has 2 fully saturated rings. The summed E-state index contributed by atoms with van der Waals surface area (Å²) in [6.07, 6.45) is 4.80. The molecule has 1 atom stereocenters. The van der Waals surface area contributed by atoms with Crippen LogP contribution < -0.4 is 20.3 Å². The SMILES string of the molecule is COc1ccc(N2C[C@H](NC(=O)NC3CCCC3)CC2=O)cc1. The fourth-order valence-electron chi connectivity index (χ4n) is 3.30. The molecule has 0 aromatic heterocycles. The Morgan fingerprint density at radius 1 is 1.13 bits per heavy atom. The normalized spacial score (nSPS) is 21.5. The van der Waals surface area contributed by atoms with Crippen LogP contribution in [0.1, 0.15) is 32.1 Å². The Morgan fingerprint density at radius 2 is 1.78 bits per heavy atom. The maximum absolute atomic E-state index is 12.2. The Hall–Kier alpha value is -2.24. The molecule has 1 aromatic carbocycles.